The summed E-state index contributed by atoms with van der Waals surface area (Å²) in [5.74, 6) is 0. The van der Waals surface area contributed by atoms with Crippen LogP contribution in [0.5, 0.6) is 0 Å². The predicted molar refractivity (Wildman–Crippen MR) is 75.5 cm³/mol. The molecule has 96 valence electrons. The number of nitrogens with one attached hydrogen (secondary N) is 1. The average Bonchev–Trinajstić information content (AvgIpc) is 2.45. The zero-order valence-corrected chi connectivity index (χ0v) is 11.0. The summed E-state index contributed by atoms with van der Waals surface area (Å²) >= 11 is 0. The zero-order chi connectivity index (χ0) is 13.0. The molecule has 0 unspecified atom stereocenters. The van der Waals surface area contributed by atoms with E-state index in [1.54, 1.807) is 6.20 Å². The second-order valence-corrected chi connectivity index (χ2v) is 4.59. The Balaban J connectivity index is 2.42. The molecule has 4 heteroatoms. The second-order valence-electron chi connectivity index (χ2n) is 4.59. The van der Waals surface area contributed by atoms with E-state index in [0.717, 1.165) is 29.4 Å². The van der Waals surface area contributed by atoms with Crippen molar-refractivity contribution in [2.45, 2.75) is 32.2 Å². The van der Waals surface area contributed by atoms with Gasteiger partial charge in [-0.05, 0) is 18.9 Å². The fraction of sp³-hybridized carbons (Fsp3) is 0.429. The number of benzene rings is 1. The van der Waals surface area contributed by atoms with Crippen LogP contribution in [0.3, 0.4) is 0 Å². The minimum absolute atomic E-state index is 0.0637. The molecular weight excluding hydrogens is 224 g/mol. The van der Waals surface area contributed by atoms with E-state index in [-0.39, 0.29) is 5.54 Å². The Morgan fingerprint density at radius 2 is 1.94 bits per heavy atom. The number of anilines is 1. The van der Waals surface area contributed by atoms with E-state index in [9.17, 15) is 0 Å². The first-order chi connectivity index (χ1) is 8.74. The summed E-state index contributed by atoms with van der Waals surface area (Å²) in [6.07, 6.45) is 3.74. The third-order valence-corrected chi connectivity index (χ3v) is 3.69. The van der Waals surface area contributed by atoms with Gasteiger partial charge in [0.25, 0.3) is 0 Å². The van der Waals surface area contributed by atoms with Crippen LogP contribution in [0.25, 0.3) is 10.9 Å². The quantitative estimate of drug-likeness (QED) is 0.848. The van der Waals surface area contributed by atoms with E-state index in [2.05, 4.69) is 35.4 Å². The molecule has 2 aromatic rings. The maximum absolute atomic E-state index is 5.92. The molecule has 0 aliphatic carbocycles. The van der Waals surface area contributed by atoms with Crippen LogP contribution in [0.4, 0.5) is 5.69 Å². The molecule has 0 fully saturated rings. The topological polar surface area (TPSA) is 63.8 Å². The van der Waals surface area contributed by atoms with Crippen LogP contribution in [0, 0.1) is 0 Å². The van der Waals surface area contributed by atoms with Gasteiger partial charge in [0.15, 0.2) is 0 Å². The number of fused-ring (bicyclic) bond motifs is 1. The largest absolute Gasteiger partial charge is 0.377 e. The van der Waals surface area contributed by atoms with Crippen LogP contribution in [-0.4, -0.2) is 22.3 Å². The number of rotatable bonds is 5. The van der Waals surface area contributed by atoms with Crippen molar-refractivity contribution >= 4 is 16.6 Å². The van der Waals surface area contributed by atoms with Gasteiger partial charge < -0.3 is 11.1 Å². The summed E-state index contributed by atoms with van der Waals surface area (Å²) in [5.41, 5.74) is 7.77. The molecule has 0 aliphatic rings. The first-order valence-corrected chi connectivity index (χ1v) is 6.43. The first kappa shape index (κ1) is 12.8. The molecule has 1 heterocycles. The van der Waals surface area contributed by atoms with Crippen LogP contribution >= 0.6 is 0 Å². The van der Waals surface area contributed by atoms with Crippen molar-refractivity contribution in [3.8, 4) is 0 Å². The van der Waals surface area contributed by atoms with E-state index in [1.807, 2.05) is 18.2 Å². The van der Waals surface area contributed by atoms with E-state index < -0.39 is 0 Å². The van der Waals surface area contributed by atoms with Crippen molar-refractivity contribution in [1.82, 2.24) is 10.2 Å². The Hall–Kier alpha value is -1.68. The Morgan fingerprint density at radius 3 is 2.61 bits per heavy atom. The fourth-order valence-corrected chi connectivity index (χ4v) is 2.16. The van der Waals surface area contributed by atoms with Crippen LogP contribution in [0.15, 0.2) is 30.5 Å². The number of hydrogen-bond donors (Lipinski definition) is 2. The minimum atomic E-state index is -0.0637. The Bertz CT molecular complexity index is 506. The van der Waals surface area contributed by atoms with E-state index in [1.165, 1.54) is 0 Å². The van der Waals surface area contributed by atoms with Gasteiger partial charge >= 0.3 is 0 Å². The van der Waals surface area contributed by atoms with Gasteiger partial charge in [0, 0.05) is 17.5 Å². The van der Waals surface area contributed by atoms with Gasteiger partial charge in [0.05, 0.1) is 17.4 Å². The first-order valence-electron chi connectivity index (χ1n) is 6.43. The smallest absolute Gasteiger partial charge is 0.0950 e. The van der Waals surface area contributed by atoms with Gasteiger partial charge in [-0.2, -0.15) is 10.2 Å². The third kappa shape index (κ3) is 2.29. The van der Waals surface area contributed by atoms with Crippen LogP contribution in [0.2, 0.25) is 0 Å². The van der Waals surface area contributed by atoms with Gasteiger partial charge in [0.1, 0.15) is 0 Å². The lowest BCUT2D eigenvalue weighted by Gasteiger charge is -2.32. The average molecular weight is 244 g/mol. The zero-order valence-electron chi connectivity index (χ0n) is 11.0. The molecule has 0 atom stereocenters. The number of aromatic nitrogens is 2. The molecule has 0 bridgehead atoms. The van der Waals surface area contributed by atoms with Crippen LogP contribution in [0.1, 0.15) is 26.7 Å². The van der Waals surface area contributed by atoms with Crippen molar-refractivity contribution < 1.29 is 0 Å². The van der Waals surface area contributed by atoms with E-state index in [0.29, 0.717) is 6.54 Å². The van der Waals surface area contributed by atoms with Gasteiger partial charge in [-0.1, -0.05) is 32.0 Å². The molecule has 0 amide bonds. The normalized spacial score (nSPS) is 11.7. The van der Waals surface area contributed by atoms with Crippen molar-refractivity contribution in [3.05, 3.63) is 30.5 Å². The molecule has 4 nitrogen and oxygen atoms in total. The Kier molecular flexibility index (Phi) is 3.77. The maximum Gasteiger partial charge on any atom is 0.0950 e. The van der Waals surface area contributed by atoms with Crippen molar-refractivity contribution in [1.29, 1.82) is 0 Å². The maximum atomic E-state index is 5.92. The van der Waals surface area contributed by atoms with Gasteiger partial charge in [-0.3, -0.25) is 0 Å². The third-order valence-electron chi connectivity index (χ3n) is 3.69. The minimum Gasteiger partial charge on any atom is -0.377 e. The fourth-order valence-electron chi connectivity index (χ4n) is 2.16. The van der Waals surface area contributed by atoms with Gasteiger partial charge in [-0.25, -0.2) is 0 Å². The molecule has 0 saturated carbocycles. The highest BCUT2D eigenvalue weighted by atomic mass is 15.1. The highest BCUT2D eigenvalue weighted by Crippen LogP contribution is 2.26. The standard InChI is InChI=1S/C14H20N4/c1-3-14(4-2,10-15)17-13-9-16-18-12-8-6-5-7-11(12)13/h5-9H,3-4,10,15H2,1-2H3,(H,17,18). The molecule has 0 spiro atoms. The lowest BCUT2D eigenvalue weighted by atomic mass is 9.92. The highest BCUT2D eigenvalue weighted by Gasteiger charge is 2.24. The van der Waals surface area contributed by atoms with Crippen LogP contribution in [-0.2, 0) is 0 Å². The second kappa shape index (κ2) is 5.31. The lowest BCUT2D eigenvalue weighted by molar-refractivity contribution is 0.445. The van der Waals surface area contributed by atoms with Crippen LogP contribution < -0.4 is 11.1 Å². The monoisotopic (exact) mass is 244 g/mol. The molecule has 1 aromatic heterocycles. The summed E-state index contributed by atoms with van der Waals surface area (Å²) in [6.45, 7) is 4.91. The Labute approximate surface area is 108 Å². The molecular formula is C14H20N4. The molecule has 3 N–H and O–H groups in total. The molecule has 18 heavy (non-hydrogen) atoms. The summed E-state index contributed by atoms with van der Waals surface area (Å²) in [4.78, 5) is 0. The van der Waals surface area contributed by atoms with Crippen molar-refractivity contribution in [3.63, 3.8) is 0 Å². The SMILES string of the molecule is CCC(CC)(CN)Nc1cnnc2ccccc12. The lowest BCUT2D eigenvalue weighted by Crippen LogP contribution is -2.44. The summed E-state index contributed by atoms with van der Waals surface area (Å²) in [5, 5.41) is 12.8. The van der Waals surface area contributed by atoms with Crippen molar-refractivity contribution in [2.24, 2.45) is 5.73 Å². The van der Waals surface area contributed by atoms with E-state index >= 15 is 0 Å². The summed E-state index contributed by atoms with van der Waals surface area (Å²) in [6, 6.07) is 8.00. The Morgan fingerprint density at radius 1 is 1.22 bits per heavy atom. The number of nitrogens with zero attached hydrogens (tertiary/aromatic N) is 2. The van der Waals surface area contributed by atoms with E-state index in [4.69, 9.17) is 5.73 Å². The molecule has 1 aromatic carbocycles. The number of nitrogens with two attached hydrogens (primary N) is 1. The van der Waals surface area contributed by atoms with Gasteiger partial charge in [-0.15, -0.1) is 0 Å². The molecule has 0 saturated heterocycles. The number of hydrogen-bond acceptors (Lipinski definition) is 4. The highest BCUT2D eigenvalue weighted by molar-refractivity contribution is 5.90. The van der Waals surface area contributed by atoms with Gasteiger partial charge in [0.2, 0.25) is 0 Å². The summed E-state index contributed by atoms with van der Waals surface area (Å²) < 4.78 is 0. The molecule has 0 radical (unpaired) electrons. The summed E-state index contributed by atoms with van der Waals surface area (Å²) in [7, 11) is 0. The van der Waals surface area contributed by atoms with Crippen molar-refractivity contribution in [2.75, 3.05) is 11.9 Å². The predicted octanol–water partition coefficient (Wildman–Crippen LogP) is 2.56. The molecule has 2 rings (SSSR count). The molecule has 0 aliphatic heterocycles.